The zero-order valence-corrected chi connectivity index (χ0v) is 14.7. The average Bonchev–Trinajstić information content (AvgIpc) is 2.86. The Morgan fingerprint density at radius 3 is 2.67 bits per heavy atom. The van der Waals surface area contributed by atoms with Gasteiger partial charge in [0.25, 0.3) is 0 Å². The number of nitrogens with one attached hydrogen (secondary N) is 1. The Bertz CT molecular complexity index is 825. The Morgan fingerprint density at radius 2 is 2.08 bits per heavy atom. The van der Waals surface area contributed by atoms with Gasteiger partial charge in [-0.2, -0.15) is 4.31 Å². The molecule has 9 heteroatoms. The third kappa shape index (κ3) is 3.74. The first kappa shape index (κ1) is 18.0. The molecule has 1 heterocycles. The van der Waals surface area contributed by atoms with Crippen LogP contribution < -0.4 is 10.1 Å². The number of hydrogen-bond donors (Lipinski definition) is 1. The highest BCUT2D eigenvalue weighted by Gasteiger charge is 2.29. The van der Waals surface area contributed by atoms with Crippen LogP contribution in [0.5, 0.6) is 5.75 Å². The highest BCUT2D eigenvalue weighted by molar-refractivity contribution is 7.89. The number of benzene rings is 1. The van der Waals surface area contributed by atoms with Gasteiger partial charge < -0.3 is 14.6 Å². The van der Waals surface area contributed by atoms with Gasteiger partial charge in [-0.15, -0.1) is 0 Å². The van der Waals surface area contributed by atoms with E-state index in [0.717, 1.165) is 4.31 Å². The van der Waals surface area contributed by atoms with Gasteiger partial charge in [-0.25, -0.2) is 8.42 Å². The molecule has 0 bridgehead atoms. The zero-order chi connectivity index (χ0) is 17.9. The van der Waals surface area contributed by atoms with Gasteiger partial charge >= 0.3 is 0 Å². The van der Waals surface area contributed by atoms with Crippen LogP contribution in [0.4, 0.5) is 5.69 Å². The summed E-state index contributed by atoms with van der Waals surface area (Å²) in [5.41, 5.74) is 0.773. The summed E-state index contributed by atoms with van der Waals surface area (Å²) in [5, 5.41) is 6.27. The van der Waals surface area contributed by atoms with Crippen LogP contribution in [-0.4, -0.2) is 44.5 Å². The molecule has 24 heavy (non-hydrogen) atoms. The number of methoxy groups -OCH3 is 1. The number of rotatable bonds is 6. The molecule has 0 aliphatic carbocycles. The molecule has 0 aliphatic heterocycles. The molecule has 0 fully saturated rings. The van der Waals surface area contributed by atoms with Crippen LogP contribution in [0, 0.1) is 13.8 Å². The quantitative estimate of drug-likeness (QED) is 0.845. The minimum atomic E-state index is -3.87. The molecule has 0 atom stereocenters. The molecule has 0 aliphatic rings. The summed E-state index contributed by atoms with van der Waals surface area (Å²) < 4.78 is 36.0. The fourth-order valence-corrected chi connectivity index (χ4v) is 3.60. The molecule has 0 saturated carbocycles. The van der Waals surface area contributed by atoms with Crippen molar-refractivity contribution in [2.75, 3.05) is 26.0 Å². The van der Waals surface area contributed by atoms with Crippen LogP contribution in [0.3, 0.4) is 0 Å². The van der Waals surface area contributed by atoms with Crippen LogP contribution in [0.2, 0.25) is 0 Å². The lowest BCUT2D eigenvalue weighted by Crippen LogP contribution is -2.35. The van der Waals surface area contributed by atoms with E-state index in [2.05, 4.69) is 10.5 Å². The zero-order valence-electron chi connectivity index (χ0n) is 13.9. The number of amides is 1. The number of sulfonamides is 1. The van der Waals surface area contributed by atoms with Crippen LogP contribution >= 0.6 is 0 Å². The van der Waals surface area contributed by atoms with E-state index in [1.165, 1.54) is 28.0 Å². The van der Waals surface area contributed by atoms with Crippen LogP contribution in [0.15, 0.2) is 33.7 Å². The minimum absolute atomic E-state index is 0.0146. The first-order valence-corrected chi connectivity index (χ1v) is 8.53. The molecule has 8 nitrogen and oxygen atoms in total. The lowest BCUT2D eigenvalue weighted by molar-refractivity contribution is -0.116. The highest BCUT2D eigenvalue weighted by atomic mass is 32.2. The fourth-order valence-electron chi connectivity index (χ4n) is 2.19. The molecular formula is C15H19N3O5S. The van der Waals surface area contributed by atoms with Crippen molar-refractivity contribution in [1.82, 2.24) is 9.46 Å². The molecule has 130 valence electrons. The van der Waals surface area contributed by atoms with Crippen molar-refractivity contribution >= 4 is 21.6 Å². The van der Waals surface area contributed by atoms with Gasteiger partial charge in [-0.05, 0) is 26.0 Å². The van der Waals surface area contributed by atoms with Gasteiger partial charge in [-0.1, -0.05) is 11.2 Å². The maximum atomic E-state index is 12.5. The van der Waals surface area contributed by atoms with E-state index in [-0.39, 0.29) is 22.9 Å². The lowest BCUT2D eigenvalue weighted by Gasteiger charge is -2.16. The van der Waals surface area contributed by atoms with Crippen molar-refractivity contribution in [3.63, 3.8) is 0 Å². The molecule has 2 rings (SSSR count). The summed E-state index contributed by atoms with van der Waals surface area (Å²) in [6.45, 7) is 2.70. The molecule has 0 spiro atoms. The summed E-state index contributed by atoms with van der Waals surface area (Å²) in [5.74, 6) is 0.304. The average molecular weight is 353 g/mol. The maximum Gasteiger partial charge on any atom is 0.248 e. The Morgan fingerprint density at radius 1 is 1.38 bits per heavy atom. The van der Waals surface area contributed by atoms with Crippen molar-refractivity contribution in [3.8, 4) is 5.75 Å². The number of likely N-dealkylation sites (N-methyl/N-ethyl adjacent to an activating group) is 1. The second-order valence-electron chi connectivity index (χ2n) is 5.19. The Balaban J connectivity index is 2.11. The second kappa shape index (κ2) is 7.02. The standard InChI is InChI=1S/C15H19N3O5S/c1-10-15(11(2)23-17-10)24(20,21)18(3)9-14(19)16-12-6-5-7-13(8-12)22-4/h5-8H,9H2,1-4H3,(H,16,19). The van der Waals surface area contributed by atoms with Crippen LogP contribution in [0.1, 0.15) is 11.5 Å². The number of anilines is 1. The van der Waals surface area contributed by atoms with Gasteiger partial charge in [0.1, 0.15) is 16.3 Å². The van der Waals surface area contributed by atoms with Gasteiger partial charge in [0, 0.05) is 18.8 Å². The second-order valence-corrected chi connectivity index (χ2v) is 7.18. The fraction of sp³-hybridized carbons (Fsp3) is 0.333. The van der Waals surface area contributed by atoms with Gasteiger partial charge in [0.05, 0.1) is 13.7 Å². The van der Waals surface area contributed by atoms with Gasteiger partial charge in [-0.3, -0.25) is 4.79 Å². The maximum absolute atomic E-state index is 12.5. The molecule has 0 radical (unpaired) electrons. The van der Waals surface area contributed by atoms with Crippen LogP contribution in [-0.2, 0) is 14.8 Å². The molecular weight excluding hydrogens is 334 g/mol. The smallest absolute Gasteiger partial charge is 0.248 e. The third-order valence-corrected chi connectivity index (χ3v) is 5.40. The van der Waals surface area contributed by atoms with E-state index >= 15 is 0 Å². The van der Waals surface area contributed by atoms with Crippen molar-refractivity contribution < 1.29 is 22.5 Å². The lowest BCUT2D eigenvalue weighted by atomic mass is 10.3. The van der Waals surface area contributed by atoms with Gasteiger partial charge in [0.2, 0.25) is 15.9 Å². The highest BCUT2D eigenvalue weighted by Crippen LogP contribution is 2.22. The van der Waals surface area contributed by atoms with Crippen molar-refractivity contribution in [2.45, 2.75) is 18.7 Å². The number of nitrogens with zero attached hydrogens (tertiary/aromatic N) is 2. The Hall–Kier alpha value is -2.39. The summed E-state index contributed by atoms with van der Waals surface area (Å²) in [6.07, 6.45) is 0. The SMILES string of the molecule is COc1cccc(NC(=O)CN(C)S(=O)(=O)c2c(C)noc2C)c1. The summed E-state index contributed by atoms with van der Waals surface area (Å²) in [7, 11) is -1.02. The van der Waals surface area contributed by atoms with E-state index < -0.39 is 15.9 Å². The first-order valence-electron chi connectivity index (χ1n) is 7.09. The predicted octanol–water partition coefficient (Wildman–Crippen LogP) is 1.56. The topological polar surface area (TPSA) is 102 Å². The van der Waals surface area contributed by atoms with E-state index in [0.29, 0.717) is 11.4 Å². The Labute approximate surface area is 140 Å². The number of aryl methyl sites for hydroxylation is 2. The summed E-state index contributed by atoms with van der Waals surface area (Å²) in [4.78, 5) is 12.1. The number of carbonyl (C=O) groups excluding carboxylic acids is 1. The number of ether oxygens (including phenoxy) is 1. The molecule has 2 aromatic rings. The van der Waals surface area contributed by atoms with Crippen molar-refractivity contribution in [1.29, 1.82) is 0 Å². The van der Waals surface area contributed by atoms with E-state index in [1.807, 2.05) is 0 Å². The molecule has 0 unspecified atom stereocenters. The Kier molecular flexibility index (Phi) is 5.25. The van der Waals surface area contributed by atoms with E-state index in [4.69, 9.17) is 9.26 Å². The summed E-state index contributed by atoms with van der Waals surface area (Å²) >= 11 is 0. The predicted molar refractivity (Wildman–Crippen MR) is 87.4 cm³/mol. The molecule has 1 aromatic heterocycles. The summed E-state index contributed by atoms with van der Waals surface area (Å²) in [6, 6.07) is 6.78. The molecule has 1 amide bonds. The van der Waals surface area contributed by atoms with Crippen molar-refractivity contribution in [3.05, 3.63) is 35.7 Å². The monoisotopic (exact) mass is 353 g/mol. The molecule has 1 aromatic carbocycles. The van der Waals surface area contributed by atoms with Crippen LogP contribution in [0.25, 0.3) is 0 Å². The van der Waals surface area contributed by atoms with Gasteiger partial charge in [0.15, 0.2) is 5.76 Å². The van der Waals surface area contributed by atoms with Crippen molar-refractivity contribution in [2.24, 2.45) is 0 Å². The number of hydrogen-bond acceptors (Lipinski definition) is 6. The largest absolute Gasteiger partial charge is 0.497 e. The normalized spacial score (nSPS) is 11.5. The number of aromatic nitrogens is 1. The first-order chi connectivity index (χ1) is 11.3. The third-order valence-electron chi connectivity index (χ3n) is 3.36. The van der Waals surface area contributed by atoms with E-state index in [1.54, 1.807) is 24.3 Å². The molecule has 0 saturated heterocycles. The number of carbonyl (C=O) groups is 1. The van der Waals surface area contributed by atoms with E-state index in [9.17, 15) is 13.2 Å². The molecule has 1 N–H and O–H groups in total. The minimum Gasteiger partial charge on any atom is -0.497 e.